The molecular formula is C9H9NO2. The van der Waals surface area contributed by atoms with E-state index in [-0.39, 0.29) is 5.97 Å². The number of esters is 1. The van der Waals surface area contributed by atoms with Crippen LogP contribution in [0.3, 0.4) is 0 Å². The van der Waals surface area contributed by atoms with E-state index in [0.29, 0.717) is 18.7 Å². The van der Waals surface area contributed by atoms with E-state index in [0.717, 1.165) is 11.1 Å². The molecule has 62 valence electrons. The normalized spacial score (nSPS) is 14.2. The van der Waals surface area contributed by atoms with Crippen LogP contribution in [0.4, 0.5) is 0 Å². The summed E-state index contributed by atoms with van der Waals surface area (Å²) in [6.07, 6.45) is 0. The van der Waals surface area contributed by atoms with Crippen molar-refractivity contribution >= 4 is 5.97 Å². The third kappa shape index (κ3) is 0.987. The minimum atomic E-state index is -0.236. The maximum Gasteiger partial charge on any atom is 0.338 e. The highest BCUT2D eigenvalue weighted by Gasteiger charge is 2.20. The first kappa shape index (κ1) is 7.31. The first-order chi connectivity index (χ1) is 5.81. The van der Waals surface area contributed by atoms with Gasteiger partial charge in [-0.2, -0.15) is 0 Å². The Bertz CT molecular complexity index is 333. The molecule has 1 heterocycles. The van der Waals surface area contributed by atoms with Gasteiger partial charge in [0, 0.05) is 12.1 Å². The Balaban J connectivity index is 2.50. The Kier molecular flexibility index (Phi) is 1.59. The minimum absolute atomic E-state index is 0.236. The van der Waals surface area contributed by atoms with Crippen molar-refractivity contribution < 1.29 is 9.53 Å². The lowest BCUT2D eigenvalue weighted by molar-refractivity contribution is 0.0535. The molecule has 0 bridgehead atoms. The Morgan fingerprint density at radius 2 is 2.33 bits per heavy atom. The summed E-state index contributed by atoms with van der Waals surface area (Å²) in [6.45, 7) is 0.861. The molecule has 0 radical (unpaired) electrons. The lowest BCUT2D eigenvalue weighted by Crippen LogP contribution is -1.99. The summed E-state index contributed by atoms with van der Waals surface area (Å²) < 4.78 is 4.84. The van der Waals surface area contributed by atoms with Gasteiger partial charge in [-0.1, -0.05) is 12.1 Å². The molecule has 12 heavy (non-hydrogen) atoms. The van der Waals surface area contributed by atoms with E-state index in [1.807, 2.05) is 12.1 Å². The van der Waals surface area contributed by atoms with Gasteiger partial charge in [0.2, 0.25) is 0 Å². The average Bonchev–Trinajstić information content (AvgIpc) is 2.47. The van der Waals surface area contributed by atoms with E-state index >= 15 is 0 Å². The van der Waals surface area contributed by atoms with E-state index < -0.39 is 0 Å². The second-order valence-corrected chi connectivity index (χ2v) is 2.77. The van der Waals surface area contributed by atoms with Crippen LogP contribution in [-0.4, -0.2) is 5.97 Å². The van der Waals surface area contributed by atoms with Crippen molar-refractivity contribution in [2.24, 2.45) is 5.73 Å². The largest absolute Gasteiger partial charge is 0.457 e. The fourth-order valence-corrected chi connectivity index (χ4v) is 1.29. The highest BCUT2D eigenvalue weighted by Crippen LogP contribution is 2.20. The third-order valence-electron chi connectivity index (χ3n) is 1.99. The van der Waals surface area contributed by atoms with Crippen LogP contribution in [0.15, 0.2) is 18.2 Å². The van der Waals surface area contributed by atoms with Gasteiger partial charge in [-0.25, -0.2) is 4.79 Å². The summed E-state index contributed by atoms with van der Waals surface area (Å²) in [5, 5.41) is 0. The van der Waals surface area contributed by atoms with Crippen LogP contribution in [-0.2, 0) is 17.9 Å². The molecule has 1 aromatic rings. The van der Waals surface area contributed by atoms with Crippen LogP contribution in [0, 0.1) is 0 Å². The molecule has 0 saturated carbocycles. The minimum Gasteiger partial charge on any atom is -0.457 e. The van der Waals surface area contributed by atoms with Crippen LogP contribution < -0.4 is 5.73 Å². The Morgan fingerprint density at radius 1 is 1.50 bits per heavy atom. The van der Waals surface area contributed by atoms with Crippen molar-refractivity contribution in [1.29, 1.82) is 0 Å². The van der Waals surface area contributed by atoms with Crippen molar-refractivity contribution in [3.8, 4) is 0 Å². The summed E-state index contributed by atoms with van der Waals surface area (Å²) in [6, 6.07) is 5.61. The van der Waals surface area contributed by atoms with E-state index in [1.54, 1.807) is 6.07 Å². The SMILES string of the molecule is NCc1ccc2c(c1)C(=O)OC2. The maximum atomic E-state index is 11.1. The fourth-order valence-electron chi connectivity index (χ4n) is 1.29. The molecule has 0 fully saturated rings. The van der Waals surface area contributed by atoms with Gasteiger partial charge in [0.1, 0.15) is 6.61 Å². The lowest BCUT2D eigenvalue weighted by atomic mass is 10.1. The number of ether oxygens (including phenoxy) is 1. The van der Waals surface area contributed by atoms with Crippen LogP contribution in [0.2, 0.25) is 0 Å². The van der Waals surface area contributed by atoms with E-state index in [9.17, 15) is 4.79 Å². The van der Waals surface area contributed by atoms with Crippen LogP contribution in [0.1, 0.15) is 21.5 Å². The quantitative estimate of drug-likeness (QED) is 0.623. The van der Waals surface area contributed by atoms with Crippen molar-refractivity contribution in [3.63, 3.8) is 0 Å². The van der Waals surface area contributed by atoms with Gasteiger partial charge in [-0.05, 0) is 11.6 Å². The van der Waals surface area contributed by atoms with Gasteiger partial charge in [0.25, 0.3) is 0 Å². The zero-order valence-corrected chi connectivity index (χ0v) is 6.54. The highest BCUT2D eigenvalue weighted by molar-refractivity contribution is 5.93. The molecule has 1 aliphatic heterocycles. The zero-order chi connectivity index (χ0) is 8.55. The molecule has 3 nitrogen and oxygen atoms in total. The van der Waals surface area contributed by atoms with Crippen molar-refractivity contribution in [1.82, 2.24) is 0 Å². The van der Waals surface area contributed by atoms with E-state index in [1.165, 1.54) is 0 Å². The summed E-state index contributed by atoms with van der Waals surface area (Å²) in [4.78, 5) is 11.1. The number of carbonyl (C=O) groups is 1. The summed E-state index contributed by atoms with van der Waals surface area (Å²) in [7, 11) is 0. The smallest absolute Gasteiger partial charge is 0.338 e. The molecule has 0 saturated heterocycles. The first-order valence-corrected chi connectivity index (χ1v) is 3.80. The number of nitrogens with two attached hydrogens (primary N) is 1. The molecule has 2 rings (SSSR count). The molecule has 1 aromatic carbocycles. The Hall–Kier alpha value is -1.35. The number of hydrogen-bond acceptors (Lipinski definition) is 3. The van der Waals surface area contributed by atoms with Gasteiger partial charge in [-0.3, -0.25) is 0 Å². The van der Waals surface area contributed by atoms with Gasteiger partial charge >= 0.3 is 5.97 Å². The molecule has 0 aromatic heterocycles. The number of carbonyl (C=O) groups excluding carboxylic acids is 1. The van der Waals surface area contributed by atoms with Gasteiger partial charge in [0.05, 0.1) is 5.56 Å². The second kappa shape index (κ2) is 2.60. The van der Waals surface area contributed by atoms with Crippen LogP contribution >= 0.6 is 0 Å². The molecule has 0 atom stereocenters. The number of rotatable bonds is 1. The van der Waals surface area contributed by atoms with Gasteiger partial charge in [0.15, 0.2) is 0 Å². The fraction of sp³-hybridized carbons (Fsp3) is 0.222. The molecular weight excluding hydrogens is 154 g/mol. The number of benzene rings is 1. The first-order valence-electron chi connectivity index (χ1n) is 3.80. The van der Waals surface area contributed by atoms with Gasteiger partial charge < -0.3 is 10.5 Å². The Labute approximate surface area is 70.1 Å². The topological polar surface area (TPSA) is 52.3 Å². The molecule has 0 unspecified atom stereocenters. The van der Waals surface area contributed by atoms with E-state index in [2.05, 4.69) is 0 Å². The van der Waals surface area contributed by atoms with Gasteiger partial charge in [-0.15, -0.1) is 0 Å². The molecule has 0 amide bonds. The maximum absolute atomic E-state index is 11.1. The Morgan fingerprint density at radius 3 is 3.08 bits per heavy atom. The third-order valence-corrected chi connectivity index (χ3v) is 1.99. The van der Waals surface area contributed by atoms with E-state index in [4.69, 9.17) is 10.5 Å². The van der Waals surface area contributed by atoms with Crippen LogP contribution in [0.5, 0.6) is 0 Å². The summed E-state index contributed by atoms with van der Waals surface area (Å²) in [5.41, 5.74) is 8.02. The number of hydrogen-bond donors (Lipinski definition) is 1. The molecule has 3 heteroatoms. The summed E-state index contributed by atoms with van der Waals surface area (Å²) in [5.74, 6) is -0.236. The molecule has 2 N–H and O–H groups in total. The second-order valence-electron chi connectivity index (χ2n) is 2.77. The predicted molar refractivity (Wildman–Crippen MR) is 43.5 cm³/mol. The number of fused-ring (bicyclic) bond motifs is 1. The molecule has 0 spiro atoms. The lowest BCUT2D eigenvalue weighted by Gasteiger charge is -1.97. The molecule has 0 aliphatic carbocycles. The average molecular weight is 163 g/mol. The zero-order valence-electron chi connectivity index (χ0n) is 6.54. The van der Waals surface area contributed by atoms with Crippen molar-refractivity contribution in [2.75, 3.05) is 0 Å². The van der Waals surface area contributed by atoms with Crippen molar-refractivity contribution in [2.45, 2.75) is 13.2 Å². The highest BCUT2D eigenvalue weighted by atomic mass is 16.5. The number of cyclic esters (lactones) is 1. The monoisotopic (exact) mass is 163 g/mol. The van der Waals surface area contributed by atoms with Crippen LogP contribution in [0.25, 0.3) is 0 Å². The summed E-state index contributed by atoms with van der Waals surface area (Å²) >= 11 is 0. The standard InChI is InChI=1S/C9H9NO2/c10-4-6-1-2-7-5-12-9(11)8(7)3-6/h1-3H,4-5,10H2. The van der Waals surface area contributed by atoms with Crippen molar-refractivity contribution in [3.05, 3.63) is 34.9 Å². The molecule has 1 aliphatic rings. The predicted octanol–water partition coefficient (Wildman–Crippen LogP) is 0.816.